The first-order valence-electron chi connectivity index (χ1n) is 4.42. The number of hydrogen-bond donors (Lipinski definition) is 1. The van der Waals surface area contributed by atoms with Gasteiger partial charge in [0.25, 0.3) is 0 Å². The molecule has 1 N–H and O–H groups in total. The van der Waals surface area contributed by atoms with Gasteiger partial charge in [0, 0.05) is 0 Å². The summed E-state index contributed by atoms with van der Waals surface area (Å²) in [6.07, 6.45) is 6.99. The highest BCUT2D eigenvalue weighted by Gasteiger charge is 1.96. The molecule has 0 spiro atoms. The second-order valence-corrected chi connectivity index (χ2v) is 2.54. The van der Waals surface area contributed by atoms with E-state index in [-0.39, 0.29) is 0 Å². The van der Waals surface area contributed by atoms with E-state index in [9.17, 15) is 0 Å². The van der Waals surface area contributed by atoms with Gasteiger partial charge in [-0.25, -0.2) is 0 Å². The number of ether oxygens (including phenoxy) is 1. The summed E-state index contributed by atoms with van der Waals surface area (Å²) in [6.45, 7) is 5.69. The van der Waals surface area contributed by atoms with Crippen LogP contribution >= 0.6 is 0 Å². The van der Waals surface area contributed by atoms with Crippen molar-refractivity contribution in [1.29, 1.82) is 0 Å². The fourth-order valence-corrected chi connectivity index (χ4v) is 0.788. The Morgan fingerprint density at radius 2 is 2.08 bits per heavy atom. The van der Waals surface area contributed by atoms with Gasteiger partial charge in [0.1, 0.15) is 5.76 Å². The van der Waals surface area contributed by atoms with E-state index < -0.39 is 6.29 Å². The van der Waals surface area contributed by atoms with E-state index in [2.05, 4.69) is 6.92 Å². The number of aliphatic hydroxyl groups is 1. The zero-order valence-electron chi connectivity index (χ0n) is 8.08. The lowest BCUT2D eigenvalue weighted by Gasteiger charge is -2.08. The van der Waals surface area contributed by atoms with Gasteiger partial charge in [-0.3, -0.25) is 0 Å². The van der Waals surface area contributed by atoms with E-state index in [1.807, 2.05) is 25.2 Å². The van der Waals surface area contributed by atoms with Crippen LogP contribution in [0.3, 0.4) is 0 Å². The van der Waals surface area contributed by atoms with Crippen LogP contribution in [0.15, 0.2) is 24.0 Å². The van der Waals surface area contributed by atoms with Gasteiger partial charge >= 0.3 is 0 Å². The molecule has 1 unspecified atom stereocenters. The fraction of sp³-hybridized carbons (Fsp3) is 0.600. The summed E-state index contributed by atoms with van der Waals surface area (Å²) in [5, 5.41) is 8.95. The lowest BCUT2D eigenvalue weighted by Crippen LogP contribution is -2.04. The Morgan fingerprint density at radius 1 is 1.42 bits per heavy atom. The van der Waals surface area contributed by atoms with Crippen molar-refractivity contribution >= 4 is 0 Å². The maximum absolute atomic E-state index is 8.95. The standard InChI is InChI=1S/C10H18O2/c1-4-6-8-10(7-5-2)12-9(3)11/h6-9,11H,4-5H2,1-3H3/b8-6-,10-7+. The molecular weight excluding hydrogens is 152 g/mol. The maximum atomic E-state index is 8.95. The summed E-state index contributed by atoms with van der Waals surface area (Å²) < 4.78 is 5.12. The zero-order valence-corrected chi connectivity index (χ0v) is 8.08. The second kappa shape index (κ2) is 6.92. The predicted molar refractivity (Wildman–Crippen MR) is 50.6 cm³/mol. The Kier molecular flexibility index (Phi) is 6.48. The van der Waals surface area contributed by atoms with Crippen LogP contribution in [-0.2, 0) is 4.74 Å². The Bertz CT molecular complexity index is 157. The van der Waals surface area contributed by atoms with Crippen molar-refractivity contribution in [3.05, 3.63) is 24.0 Å². The van der Waals surface area contributed by atoms with Crippen molar-refractivity contribution in [2.45, 2.75) is 39.9 Å². The van der Waals surface area contributed by atoms with Crippen LogP contribution in [0.25, 0.3) is 0 Å². The lowest BCUT2D eigenvalue weighted by atomic mass is 10.3. The molecule has 2 nitrogen and oxygen atoms in total. The molecule has 0 aromatic carbocycles. The molecule has 0 saturated carbocycles. The summed E-state index contributed by atoms with van der Waals surface area (Å²) in [5.74, 6) is 0.745. The molecule has 0 aliphatic heterocycles. The molecule has 0 aliphatic carbocycles. The van der Waals surface area contributed by atoms with E-state index >= 15 is 0 Å². The van der Waals surface area contributed by atoms with Gasteiger partial charge < -0.3 is 9.84 Å². The highest BCUT2D eigenvalue weighted by molar-refractivity contribution is 5.11. The zero-order chi connectivity index (χ0) is 9.40. The van der Waals surface area contributed by atoms with Crippen LogP contribution in [0.4, 0.5) is 0 Å². The van der Waals surface area contributed by atoms with E-state index in [0.717, 1.165) is 18.6 Å². The molecule has 0 aliphatic rings. The molecule has 0 aromatic rings. The van der Waals surface area contributed by atoms with Crippen LogP contribution in [-0.4, -0.2) is 11.4 Å². The van der Waals surface area contributed by atoms with Crippen molar-refractivity contribution in [2.75, 3.05) is 0 Å². The van der Waals surface area contributed by atoms with Crippen molar-refractivity contribution in [3.63, 3.8) is 0 Å². The highest BCUT2D eigenvalue weighted by Crippen LogP contribution is 2.04. The van der Waals surface area contributed by atoms with Crippen LogP contribution in [0.5, 0.6) is 0 Å². The molecule has 0 bridgehead atoms. The summed E-state index contributed by atoms with van der Waals surface area (Å²) in [4.78, 5) is 0. The molecule has 1 atom stereocenters. The molecule has 12 heavy (non-hydrogen) atoms. The maximum Gasteiger partial charge on any atom is 0.194 e. The Hall–Kier alpha value is -0.760. The predicted octanol–water partition coefficient (Wildman–Crippen LogP) is 2.60. The number of rotatable bonds is 5. The minimum Gasteiger partial charge on any atom is -0.466 e. The van der Waals surface area contributed by atoms with Gasteiger partial charge in [-0.15, -0.1) is 0 Å². The van der Waals surface area contributed by atoms with Gasteiger partial charge in [0.2, 0.25) is 0 Å². The molecule has 0 amide bonds. The fourth-order valence-electron chi connectivity index (χ4n) is 0.788. The van der Waals surface area contributed by atoms with Gasteiger partial charge in [0.05, 0.1) is 0 Å². The Labute approximate surface area is 74.6 Å². The minimum atomic E-state index is -0.732. The van der Waals surface area contributed by atoms with E-state index in [4.69, 9.17) is 9.84 Å². The normalized spacial score (nSPS) is 15.2. The third-order valence-corrected chi connectivity index (χ3v) is 1.23. The average molecular weight is 170 g/mol. The average Bonchev–Trinajstić information content (AvgIpc) is 2.00. The first-order valence-corrected chi connectivity index (χ1v) is 4.42. The number of hydrogen-bond acceptors (Lipinski definition) is 2. The number of aliphatic hydroxyl groups excluding tert-OH is 1. The molecule has 0 radical (unpaired) electrons. The first-order chi connectivity index (χ1) is 5.70. The largest absolute Gasteiger partial charge is 0.466 e. The van der Waals surface area contributed by atoms with Gasteiger partial charge in [-0.1, -0.05) is 19.9 Å². The van der Waals surface area contributed by atoms with Crippen molar-refractivity contribution in [3.8, 4) is 0 Å². The van der Waals surface area contributed by atoms with Crippen LogP contribution in [0, 0.1) is 0 Å². The second-order valence-electron chi connectivity index (χ2n) is 2.54. The quantitative estimate of drug-likeness (QED) is 0.390. The molecule has 70 valence electrons. The summed E-state index contributed by atoms with van der Waals surface area (Å²) in [7, 11) is 0. The highest BCUT2D eigenvalue weighted by atomic mass is 16.6. The molecular formula is C10H18O2. The van der Waals surface area contributed by atoms with Gasteiger partial charge in [0.15, 0.2) is 6.29 Å². The number of allylic oxidation sites excluding steroid dienone is 3. The van der Waals surface area contributed by atoms with Gasteiger partial charge in [-0.2, -0.15) is 0 Å². The third-order valence-electron chi connectivity index (χ3n) is 1.23. The molecule has 0 rings (SSSR count). The lowest BCUT2D eigenvalue weighted by molar-refractivity contribution is -0.0452. The van der Waals surface area contributed by atoms with E-state index in [1.54, 1.807) is 6.92 Å². The van der Waals surface area contributed by atoms with Gasteiger partial charge in [-0.05, 0) is 31.9 Å². The van der Waals surface area contributed by atoms with Crippen LogP contribution in [0.2, 0.25) is 0 Å². The van der Waals surface area contributed by atoms with Crippen molar-refractivity contribution < 1.29 is 9.84 Å². The third kappa shape index (κ3) is 5.98. The smallest absolute Gasteiger partial charge is 0.194 e. The Morgan fingerprint density at radius 3 is 2.50 bits per heavy atom. The van der Waals surface area contributed by atoms with Crippen molar-refractivity contribution in [2.24, 2.45) is 0 Å². The summed E-state index contributed by atoms with van der Waals surface area (Å²) in [5.41, 5.74) is 0. The summed E-state index contributed by atoms with van der Waals surface area (Å²) >= 11 is 0. The topological polar surface area (TPSA) is 29.5 Å². The van der Waals surface area contributed by atoms with E-state index in [1.165, 1.54) is 0 Å². The Balaban J connectivity index is 4.05. The molecule has 0 heterocycles. The monoisotopic (exact) mass is 170 g/mol. The van der Waals surface area contributed by atoms with Crippen molar-refractivity contribution in [1.82, 2.24) is 0 Å². The molecule has 2 heteroatoms. The minimum absolute atomic E-state index is 0.732. The molecule has 0 fully saturated rings. The summed E-state index contributed by atoms with van der Waals surface area (Å²) in [6, 6.07) is 0. The van der Waals surface area contributed by atoms with Crippen LogP contribution < -0.4 is 0 Å². The molecule has 0 aromatic heterocycles. The SMILES string of the molecule is CC/C=C\C(=C/CC)OC(C)O. The first kappa shape index (κ1) is 11.2. The van der Waals surface area contributed by atoms with E-state index in [0.29, 0.717) is 0 Å². The molecule has 0 saturated heterocycles. The van der Waals surface area contributed by atoms with Crippen LogP contribution in [0.1, 0.15) is 33.6 Å².